The second-order valence-electron chi connectivity index (χ2n) is 6.51. The number of piperidine rings is 1. The van der Waals surface area contributed by atoms with Crippen molar-refractivity contribution in [3.63, 3.8) is 0 Å². The van der Waals surface area contributed by atoms with Crippen LogP contribution in [0.3, 0.4) is 0 Å². The van der Waals surface area contributed by atoms with E-state index >= 15 is 0 Å². The Bertz CT molecular complexity index is 359. The number of guanidine groups is 1. The van der Waals surface area contributed by atoms with E-state index in [2.05, 4.69) is 40.7 Å². The predicted octanol–water partition coefficient (Wildman–Crippen LogP) is 1.63. The van der Waals surface area contributed by atoms with Gasteiger partial charge in [-0.1, -0.05) is 6.92 Å². The molecule has 134 valence electrons. The Balaban J connectivity index is 1.74. The molecule has 0 radical (unpaired) electrons. The maximum atomic E-state index is 9.55. The van der Waals surface area contributed by atoms with Crippen LogP contribution >= 0.6 is 11.8 Å². The zero-order valence-corrected chi connectivity index (χ0v) is 15.7. The summed E-state index contributed by atoms with van der Waals surface area (Å²) in [6, 6.07) is 0. The number of nitrogens with one attached hydrogen (secondary N) is 1. The van der Waals surface area contributed by atoms with E-state index in [1.165, 1.54) is 12.2 Å². The molecule has 6 heteroatoms. The molecule has 2 heterocycles. The molecule has 2 aliphatic rings. The number of aliphatic hydroxyl groups excluding tert-OH is 1. The van der Waals surface area contributed by atoms with Crippen molar-refractivity contribution in [3.8, 4) is 0 Å². The zero-order chi connectivity index (χ0) is 16.5. The minimum Gasteiger partial charge on any atom is -0.393 e. The highest BCUT2D eigenvalue weighted by atomic mass is 32.2. The molecule has 2 fully saturated rings. The quantitative estimate of drug-likeness (QED) is 0.436. The Hall–Kier alpha value is -0.460. The number of likely N-dealkylation sites (tertiary alicyclic amines) is 1. The van der Waals surface area contributed by atoms with Crippen molar-refractivity contribution in [2.45, 2.75) is 50.9 Å². The Kier molecular flexibility index (Phi) is 8.55. The number of aliphatic imine (C=N–C) groups is 1. The first kappa shape index (κ1) is 18.9. The number of thioether (sulfide) groups is 1. The van der Waals surface area contributed by atoms with E-state index < -0.39 is 0 Å². The van der Waals surface area contributed by atoms with Gasteiger partial charge >= 0.3 is 0 Å². The molecule has 0 aromatic rings. The summed E-state index contributed by atoms with van der Waals surface area (Å²) < 4.78 is 0. The highest BCUT2D eigenvalue weighted by Gasteiger charge is 2.21. The average Bonchev–Trinajstić information content (AvgIpc) is 2.59. The molecule has 0 aliphatic carbocycles. The topological polar surface area (TPSA) is 51.1 Å². The van der Waals surface area contributed by atoms with Gasteiger partial charge in [-0.25, -0.2) is 0 Å². The second kappa shape index (κ2) is 10.4. The molecular formula is C17H34N4OS. The van der Waals surface area contributed by atoms with Crippen LogP contribution < -0.4 is 5.32 Å². The third-order valence-electron chi connectivity index (χ3n) is 4.68. The van der Waals surface area contributed by atoms with Gasteiger partial charge in [-0.05, 0) is 39.2 Å². The predicted molar refractivity (Wildman–Crippen MR) is 100 cm³/mol. The summed E-state index contributed by atoms with van der Waals surface area (Å²) in [5.74, 6) is 2.30. The molecule has 2 rings (SSSR count). The van der Waals surface area contributed by atoms with Crippen molar-refractivity contribution in [3.05, 3.63) is 0 Å². The van der Waals surface area contributed by atoms with Crippen molar-refractivity contribution in [1.29, 1.82) is 0 Å². The van der Waals surface area contributed by atoms with Gasteiger partial charge in [0.05, 0.1) is 6.10 Å². The molecule has 0 amide bonds. The van der Waals surface area contributed by atoms with Gasteiger partial charge in [-0.3, -0.25) is 4.99 Å². The average molecular weight is 343 g/mol. The minimum absolute atomic E-state index is 0.0758. The largest absolute Gasteiger partial charge is 0.393 e. The minimum atomic E-state index is -0.0758. The normalized spacial score (nSPS) is 24.9. The summed E-state index contributed by atoms with van der Waals surface area (Å²) in [4.78, 5) is 9.75. The number of rotatable bonds is 6. The SMILES string of the molecule is CCNC(=NCCCN1CCC(O)CC1)N1CCSC(CC)C1. The van der Waals surface area contributed by atoms with Crippen LogP contribution in [0.1, 0.15) is 39.5 Å². The fourth-order valence-corrected chi connectivity index (χ4v) is 4.39. The van der Waals surface area contributed by atoms with Gasteiger partial charge in [-0.2, -0.15) is 11.8 Å². The molecule has 0 aromatic carbocycles. The lowest BCUT2D eigenvalue weighted by Gasteiger charge is -2.34. The number of aliphatic hydroxyl groups is 1. The summed E-state index contributed by atoms with van der Waals surface area (Å²) in [6.07, 6.45) is 4.12. The molecule has 2 N–H and O–H groups in total. The first-order valence-corrected chi connectivity index (χ1v) is 10.3. The highest BCUT2D eigenvalue weighted by molar-refractivity contribution is 8.00. The molecule has 5 nitrogen and oxygen atoms in total. The van der Waals surface area contributed by atoms with E-state index in [9.17, 15) is 5.11 Å². The molecule has 0 aromatic heterocycles. The monoisotopic (exact) mass is 342 g/mol. The van der Waals surface area contributed by atoms with Gasteiger partial charge in [-0.15, -0.1) is 0 Å². The van der Waals surface area contributed by atoms with Crippen LogP contribution in [0.15, 0.2) is 4.99 Å². The van der Waals surface area contributed by atoms with Gasteiger partial charge in [0.15, 0.2) is 5.96 Å². The first-order valence-electron chi connectivity index (χ1n) is 9.28. The van der Waals surface area contributed by atoms with E-state index in [-0.39, 0.29) is 6.10 Å². The molecular weight excluding hydrogens is 308 g/mol. The number of hydrogen-bond acceptors (Lipinski definition) is 4. The lowest BCUT2D eigenvalue weighted by Crippen LogP contribution is -2.48. The van der Waals surface area contributed by atoms with Crippen molar-refractivity contribution in [2.75, 3.05) is 51.6 Å². The smallest absolute Gasteiger partial charge is 0.193 e. The maximum Gasteiger partial charge on any atom is 0.193 e. The molecule has 0 bridgehead atoms. The van der Waals surface area contributed by atoms with E-state index in [0.717, 1.165) is 76.3 Å². The standard InChI is InChI=1S/C17H34N4OS/c1-3-16-14-21(12-13-23-16)17(18-4-2)19-8-5-9-20-10-6-15(22)7-11-20/h15-16,22H,3-14H2,1-2H3,(H,18,19). The van der Waals surface area contributed by atoms with E-state index in [0.29, 0.717) is 0 Å². The number of hydrogen-bond donors (Lipinski definition) is 2. The lowest BCUT2D eigenvalue weighted by molar-refractivity contribution is 0.0824. The van der Waals surface area contributed by atoms with Crippen LogP contribution in [0, 0.1) is 0 Å². The summed E-state index contributed by atoms with van der Waals surface area (Å²) in [7, 11) is 0. The Morgan fingerprint density at radius 1 is 1.26 bits per heavy atom. The third-order valence-corrected chi connectivity index (χ3v) is 6.05. The lowest BCUT2D eigenvalue weighted by atomic mass is 10.1. The number of nitrogens with zero attached hydrogens (tertiary/aromatic N) is 3. The molecule has 1 unspecified atom stereocenters. The molecule has 0 spiro atoms. The zero-order valence-electron chi connectivity index (χ0n) is 14.8. The van der Waals surface area contributed by atoms with Crippen LogP contribution in [0.5, 0.6) is 0 Å². The molecule has 1 atom stereocenters. The maximum absolute atomic E-state index is 9.55. The van der Waals surface area contributed by atoms with Crippen molar-refractivity contribution < 1.29 is 5.11 Å². The Morgan fingerprint density at radius 2 is 2.04 bits per heavy atom. The van der Waals surface area contributed by atoms with Gasteiger partial charge in [0.1, 0.15) is 0 Å². The second-order valence-corrected chi connectivity index (χ2v) is 7.92. The molecule has 2 aliphatic heterocycles. The summed E-state index contributed by atoms with van der Waals surface area (Å²) in [5, 5.41) is 13.8. The van der Waals surface area contributed by atoms with E-state index in [4.69, 9.17) is 4.99 Å². The van der Waals surface area contributed by atoms with Crippen LogP contribution in [0.25, 0.3) is 0 Å². The van der Waals surface area contributed by atoms with Gasteiger partial charge in [0.2, 0.25) is 0 Å². The van der Waals surface area contributed by atoms with Crippen molar-refractivity contribution in [1.82, 2.24) is 15.1 Å². The molecule has 2 saturated heterocycles. The van der Waals surface area contributed by atoms with Crippen molar-refractivity contribution >= 4 is 17.7 Å². The van der Waals surface area contributed by atoms with Crippen LogP contribution in [0.4, 0.5) is 0 Å². The van der Waals surface area contributed by atoms with Crippen LogP contribution in [-0.4, -0.2) is 83.8 Å². The van der Waals surface area contributed by atoms with E-state index in [1.54, 1.807) is 0 Å². The summed E-state index contributed by atoms with van der Waals surface area (Å²) >= 11 is 2.10. The first-order chi connectivity index (χ1) is 11.2. The highest BCUT2D eigenvalue weighted by Crippen LogP contribution is 2.21. The fourth-order valence-electron chi connectivity index (χ4n) is 3.21. The van der Waals surface area contributed by atoms with Crippen LogP contribution in [0.2, 0.25) is 0 Å². The Labute approximate surface area is 145 Å². The van der Waals surface area contributed by atoms with E-state index in [1.807, 2.05) is 0 Å². The van der Waals surface area contributed by atoms with Crippen LogP contribution in [-0.2, 0) is 0 Å². The fraction of sp³-hybridized carbons (Fsp3) is 0.941. The van der Waals surface area contributed by atoms with Crippen molar-refractivity contribution in [2.24, 2.45) is 4.99 Å². The molecule has 0 saturated carbocycles. The third kappa shape index (κ3) is 6.51. The van der Waals surface area contributed by atoms with Gasteiger partial charge < -0.3 is 20.2 Å². The van der Waals surface area contributed by atoms with Gasteiger partial charge in [0.25, 0.3) is 0 Å². The summed E-state index contributed by atoms with van der Waals surface area (Å²) in [5.41, 5.74) is 0. The molecule has 23 heavy (non-hydrogen) atoms. The van der Waals surface area contributed by atoms with Gasteiger partial charge in [0, 0.05) is 50.3 Å². The Morgan fingerprint density at radius 3 is 2.74 bits per heavy atom. The summed E-state index contributed by atoms with van der Waals surface area (Å²) in [6.45, 7) is 11.6.